The number of unbranched alkanes of at least 4 members (excludes halogenated alkanes) is 1. The number of rotatable bonds is 7. The van der Waals surface area contributed by atoms with Crippen molar-refractivity contribution in [2.75, 3.05) is 33.4 Å². The SMILES string of the molecule is CC(C)C.COCCCCNC(=O)OCC1CC(O)CN1. The number of methoxy groups -OCH3 is 1. The van der Waals surface area contributed by atoms with Crippen LogP contribution in [0.5, 0.6) is 0 Å². The summed E-state index contributed by atoms with van der Waals surface area (Å²) in [5.74, 6) is 0.833. The van der Waals surface area contributed by atoms with Gasteiger partial charge in [0.05, 0.1) is 6.10 Å². The molecule has 0 aromatic carbocycles. The molecule has 1 heterocycles. The highest BCUT2D eigenvalue weighted by Crippen LogP contribution is 2.06. The highest BCUT2D eigenvalue weighted by atomic mass is 16.5. The number of aliphatic hydroxyl groups excluding tert-OH is 1. The van der Waals surface area contributed by atoms with Crippen molar-refractivity contribution in [1.82, 2.24) is 10.6 Å². The number of alkyl carbamates (subject to hydrolysis) is 1. The molecule has 3 N–H and O–H groups in total. The topological polar surface area (TPSA) is 79.8 Å². The molecule has 1 aliphatic rings. The summed E-state index contributed by atoms with van der Waals surface area (Å²) in [5.41, 5.74) is 0. The molecular formula is C15H32N2O4. The molecule has 0 aromatic heterocycles. The summed E-state index contributed by atoms with van der Waals surface area (Å²) in [4.78, 5) is 11.3. The van der Waals surface area contributed by atoms with Crippen LogP contribution in [0, 0.1) is 5.92 Å². The maximum Gasteiger partial charge on any atom is 0.407 e. The molecule has 6 nitrogen and oxygen atoms in total. The number of carbonyl (C=O) groups excluding carboxylic acids is 1. The van der Waals surface area contributed by atoms with Crippen LogP contribution in [0.15, 0.2) is 0 Å². The van der Waals surface area contributed by atoms with Gasteiger partial charge in [-0.3, -0.25) is 0 Å². The van der Waals surface area contributed by atoms with Crippen LogP contribution in [0.1, 0.15) is 40.0 Å². The zero-order chi connectivity index (χ0) is 16.1. The average Bonchev–Trinajstić information content (AvgIpc) is 2.81. The van der Waals surface area contributed by atoms with E-state index in [1.54, 1.807) is 7.11 Å². The molecule has 1 fully saturated rings. The number of aliphatic hydroxyl groups is 1. The number of nitrogens with one attached hydrogen (secondary N) is 2. The Kier molecular flexibility index (Phi) is 12.3. The third-order valence-corrected chi connectivity index (χ3v) is 2.66. The quantitative estimate of drug-likeness (QED) is 0.622. The van der Waals surface area contributed by atoms with E-state index in [1.807, 2.05) is 0 Å². The summed E-state index contributed by atoms with van der Waals surface area (Å²) >= 11 is 0. The molecule has 6 heteroatoms. The maximum atomic E-state index is 11.3. The fourth-order valence-electron chi connectivity index (χ4n) is 1.71. The van der Waals surface area contributed by atoms with Gasteiger partial charge in [0.2, 0.25) is 0 Å². The summed E-state index contributed by atoms with van der Waals surface area (Å²) in [5, 5.41) is 15.0. The molecule has 0 spiro atoms. The molecule has 1 rings (SSSR count). The minimum Gasteiger partial charge on any atom is -0.448 e. The van der Waals surface area contributed by atoms with Gasteiger partial charge in [-0.1, -0.05) is 20.8 Å². The Balaban J connectivity index is 0.000000885. The molecule has 2 atom stereocenters. The smallest absolute Gasteiger partial charge is 0.407 e. The van der Waals surface area contributed by atoms with E-state index in [0.717, 1.165) is 18.8 Å². The van der Waals surface area contributed by atoms with Crippen molar-refractivity contribution in [3.8, 4) is 0 Å². The molecular weight excluding hydrogens is 272 g/mol. The zero-order valence-corrected chi connectivity index (χ0v) is 13.9. The van der Waals surface area contributed by atoms with Crippen molar-refractivity contribution in [3.05, 3.63) is 0 Å². The van der Waals surface area contributed by atoms with E-state index in [2.05, 4.69) is 31.4 Å². The van der Waals surface area contributed by atoms with Crippen molar-refractivity contribution >= 4 is 6.09 Å². The molecule has 0 aromatic rings. The molecule has 0 bridgehead atoms. The molecule has 1 amide bonds. The van der Waals surface area contributed by atoms with Crippen LogP contribution in [-0.2, 0) is 9.47 Å². The minimum absolute atomic E-state index is 0.0734. The van der Waals surface area contributed by atoms with Crippen LogP contribution in [0.2, 0.25) is 0 Å². The summed E-state index contributed by atoms with van der Waals surface area (Å²) in [6.07, 6.45) is 1.73. The van der Waals surface area contributed by atoms with E-state index in [1.165, 1.54) is 0 Å². The first-order valence-electron chi connectivity index (χ1n) is 7.76. The molecule has 126 valence electrons. The predicted octanol–water partition coefficient (Wildman–Crippen LogP) is 1.52. The van der Waals surface area contributed by atoms with E-state index in [0.29, 0.717) is 32.7 Å². The fourth-order valence-corrected chi connectivity index (χ4v) is 1.71. The van der Waals surface area contributed by atoms with Gasteiger partial charge in [0.25, 0.3) is 0 Å². The Labute approximate surface area is 128 Å². The van der Waals surface area contributed by atoms with Crippen molar-refractivity contribution < 1.29 is 19.4 Å². The second-order valence-corrected chi connectivity index (χ2v) is 5.95. The van der Waals surface area contributed by atoms with Gasteiger partial charge in [-0.25, -0.2) is 4.79 Å². The Morgan fingerprint density at radius 3 is 2.57 bits per heavy atom. The molecule has 0 radical (unpaired) electrons. The van der Waals surface area contributed by atoms with Gasteiger partial charge < -0.3 is 25.2 Å². The second kappa shape index (κ2) is 12.9. The van der Waals surface area contributed by atoms with Gasteiger partial charge in [-0.15, -0.1) is 0 Å². The van der Waals surface area contributed by atoms with Gasteiger partial charge in [-0.05, 0) is 25.2 Å². The van der Waals surface area contributed by atoms with Crippen LogP contribution < -0.4 is 10.6 Å². The normalized spacial score (nSPS) is 20.9. The third-order valence-electron chi connectivity index (χ3n) is 2.66. The lowest BCUT2D eigenvalue weighted by Crippen LogP contribution is -2.32. The lowest BCUT2D eigenvalue weighted by Gasteiger charge is -2.11. The average molecular weight is 304 g/mol. The highest BCUT2D eigenvalue weighted by Gasteiger charge is 2.22. The number of amides is 1. The minimum atomic E-state index is -0.398. The summed E-state index contributed by atoms with van der Waals surface area (Å²) in [6, 6.07) is 0.0734. The van der Waals surface area contributed by atoms with Crippen LogP contribution in [0.3, 0.4) is 0 Å². The van der Waals surface area contributed by atoms with Crippen molar-refractivity contribution in [1.29, 1.82) is 0 Å². The molecule has 0 saturated carbocycles. The van der Waals surface area contributed by atoms with Gasteiger partial charge in [-0.2, -0.15) is 0 Å². The maximum absolute atomic E-state index is 11.3. The largest absolute Gasteiger partial charge is 0.448 e. The lowest BCUT2D eigenvalue weighted by atomic mass is 10.2. The van der Waals surface area contributed by atoms with Crippen molar-refractivity contribution in [2.45, 2.75) is 52.2 Å². The molecule has 1 saturated heterocycles. The van der Waals surface area contributed by atoms with Gasteiger partial charge in [0.1, 0.15) is 6.61 Å². The zero-order valence-electron chi connectivity index (χ0n) is 13.9. The van der Waals surface area contributed by atoms with E-state index in [4.69, 9.17) is 9.47 Å². The number of carbonyl (C=O) groups is 1. The van der Waals surface area contributed by atoms with Gasteiger partial charge in [0, 0.05) is 32.8 Å². The molecule has 21 heavy (non-hydrogen) atoms. The molecule has 0 aliphatic carbocycles. The Hall–Kier alpha value is -0.850. The van der Waals surface area contributed by atoms with E-state index >= 15 is 0 Å². The predicted molar refractivity (Wildman–Crippen MR) is 83.4 cm³/mol. The van der Waals surface area contributed by atoms with Crippen molar-refractivity contribution in [2.24, 2.45) is 5.92 Å². The summed E-state index contributed by atoms with van der Waals surface area (Å²) in [7, 11) is 1.66. The number of β-amino-alcohol motifs (C(OH)–C–C–N with tert-alkyl or cyclic N) is 1. The summed E-state index contributed by atoms with van der Waals surface area (Å²) in [6.45, 7) is 8.69. The van der Waals surface area contributed by atoms with Crippen LogP contribution in [0.4, 0.5) is 4.79 Å². The van der Waals surface area contributed by atoms with Crippen molar-refractivity contribution in [3.63, 3.8) is 0 Å². The van der Waals surface area contributed by atoms with Crippen LogP contribution in [-0.4, -0.2) is 56.8 Å². The first kappa shape index (κ1) is 20.1. The van der Waals surface area contributed by atoms with Crippen LogP contribution in [0.25, 0.3) is 0 Å². The highest BCUT2D eigenvalue weighted by molar-refractivity contribution is 5.67. The third kappa shape index (κ3) is 13.9. The lowest BCUT2D eigenvalue weighted by molar-refractivity contribution is 0.131. The first-order valence-corrected chi connectivity index (χ1v) is 7.76. The first-order chi connectivity index (χ1) is 9.95. The van der Waals surface area contributed by atoms with E-state index in [9.17, 15) is 9.90 Å². The monoisotopic (exact) mass is 304 g/mol. The van der Waals surface area contributed by atoms with Crippen LogP contribution >= 0.6 is 0 Å². The Morgan fingerprint density at radius 2 is 2.05 bits per heavy atom. The fraction of sp³-hybridized carbons (Fsp3) is 0.933. The Morgan fingerprint density at radius 1 is 1.38 bits per heavy atom. The number of hydrogen-bond acceptors (Lipinski definition) is 5. The molecule has 1 aliphatic heterocycles. The van der Waals surface area contributed by atoms with Gasteiger partial charge >= 0.3 is 6.09 Å². The standard InChI is InChI=1S/C11H22N2O4.C4H10/c1-16-5-3-2-4-12-11(15)17-8-9-6-10(14)7-13-9;1-4(2)3/h9-10,13-14H,2-8H2,1H3,(H,12,15);4H,1-3H3. The van der Waals surface area contributed by atoms with E-state index in [-0.39, 0.29) is 12.1 Å². The molecule has 2 unspecified atom stereocenters. The van der Waals surface area contributed by atoms with Gasteiger partial charge in [0.15, 0.2) is 0 Å². The Bertz CT molecular complexity index is 259. The summed E-state index contributed by atoms with van der Waals surface area (Å²) < 4.78 is 9.92. The number of hydrogen-bond donors (Lipinski definition) is 3. The second-order valence-electron chi connectivity index (χ2n) is 5.95. The number of ether oxygens (including phenoxy) is 2. The van der Waals surface area contributed by atoms with E-state index < -0.39 is 6.09 Å².